The molecule has 5 atom stereocenters. The Morgan fingerprint density at radius 2 is 1.70 bits per heavy atom. The smallest absolute Gasteiger partial charge is 0.390 e. The molecule has 0 saturated carbocycles. The summed E-state index contributed by atoms with van der Waals surface area (Å²) in [5, 5.41) is 4.05. The summed E-state index contributed by atoms with van der Waals surface area (Å²) < 4.78 is 79.4. The van der Waals surface area contributed by atoms with Gasteiger partial charge in [0.05, 0.1) is 12.9 Å². The van der Waals surface area contributed by atoms with E-state index in [9.17, 15) is 21.6 Å². The van der Waals surface area contributed by atoms with E-state index in [0.29, 0.717) is 17.7 Å². The van der Waals surface area contributed by atoms with Gasteiger partial charge < -0.3 is 24.0 Å². The molecule has 2 fully saturated rings. The van der Waals surface area contributed by atoms with Gasteiger partial charge in [0.15, 0.2) is 48.1 Å². The number of imidazole rings is 1. The first-order chi connectivity index (χ1) is 21.6. The molecule has 0 radical (unpaired) electrons. The van der Waals surface area contributed by atoms with Crippen LogP contribution in [0, 0.1) is 0 Å². The number of carbonyl (C=O) groups is 1. The van der Waals surface area contributed by atoms with Gasteiger partial charge >= 0.3 is 12.6 Å². The number of hydrogen-bond donors (Lipinski definition) is 2. The fourth-order valence-corrected chi connectivity index (χ4v) is 25.0. The molecule has 18 heteroatoms. The lowest BCUT2D eigenvalue weighted by Crippen LogP contribution is -2.61. The number of nitrogens with zero attached hydrogens (tertiary/aromatic N) is 4. The summed E-state index contributed by atoms with van der Waals surface area (Å²) >= 11 is 0. The summed E-state index contributed by atoms with van der Waals surface area (Å²) in [4.78, 5) is 25.1. The number of fused-ring (bicyclic) bond motifs is 2. The minimum Gasteiger partial charge on any atom is -0.390 e. The first-order valence-corrected chi connectivity index (χ1v) is 21.7. The van der Waals surface area contributed by atoms with Crippen molar-refractivity contribution in [3.8, 4) is 0 Å². The molecule has 2 amide bonds. The summed E-state index contributed by atoms with van der Waals surface area (Å²) in [6, 6.07) is 9.09. The van der Waals surface area contributed by atoms with Crippen LogP contribution in [-0.2, 0) is 37.2 Å². The Balaban J connectivity index is 1.50. The van der Waals surface area contributed by atoms with Crippen molar-refractivity contribution in [2.24, 2.45) is 0 Å². The van der Waals surface area contributed by atoms with E-state index in [-0.39, 0.29) is 5.82 Å². The predicted molar refractivity (Wildman–Crippen MR) is 172 cm³/mol. The van der Waals surface area contributed by atoms with Crippen molar-refractivity contribution < 1.29 is 40.3 Å². The molecular weight excluding hydrogens is 657 g/mol. The number of carbonyl (C=O) groups excluding carboxylic acids is 1. The molecule has 0 aliphatic carbocycles. The Hall–Kier alpha value is -3.26. The fourth-order valence-electron chi connectivity index (χ4n) is 6.01. The first kappa shape index (κ1) is 34.1. The Bertz CT molecular complexity index is 1800. The van der Waals surface area contributed by atoms with Crippen LogP contribution < -0.4 is 10.6 Å². The maximum atomic E-state index is 13.2. The van der Waals surface area contributed by atoms with Gasteiger partial charge in [0.2, 0.25) is 0 Å². The minimum atomic E-state index is -4.58. The molecule has 2 aliphatic rings. The quantitative estimate of drug-likeness (QED) is 0.296. The third-order valence-corrected chi connectivity index (χ3v) is 27.7. The van der Waals surface area contributed by atoms with Crippen LogP contribution in [0.4, 0.5) is 10.6 Å². The van der Waals surface area contributed by atoms with Crippen molar-refractivity contribution in [2.45, 2.75) is 63.6 Å². The lowest BCUT2D eigenvalue weighted by Gasteiger charge is -2.38. The van der Waals surface area contributed by atoms with E-state index in [0.717, 1.165) is 18.1 Å². The van der Waals surface area contributed by atoms with Crippen molar-refractivity contribution in [1.29, 1.82) is 0 Å². The number of amides is 2. The van der Waals surface area contributed by atoms with Gasteiger partial charge in [0.1, 0.15) is 24.6 Å². The third kappa shape index (κ3) is 6.34. The Morgan fingerprint density at radius 1 is 1.02 bits per heavy atom. The van der Waals surface area contributed by atoms with Crippen molar-refractivity contribution >= 4 is 54.3 Å². The van der Waals surface area contributed by atoms with Gasteiger partial charge in [0.25, 0.3) is 0 Å². The summed E-state index contributed by atoms with van der Waals surface area (Å²) in [5.74, 6) is 0.179. The zero-order valence-corrected chi connectivity index (χ0v) is 28.9. The molecule has 4 heterocycles. The molecule has 2 saturated heterocycles. The molecule has 250 valence electrons. The zero-order valence-electron chi connectivity index (χ0n) is 26.3. The number of urea groups is 1. The van der Waals surface area contributed by atoms with Crippen molar-refractivity contribution in [1.82, 2.24) is 24.8 Å². The van der Waals surface area contributed by atoms with Crippen LogP contribution in [0.15, 0.2) is 49.1 Å². The molecule has 15 nitrogen and oxygen atoms in total. The van der Waals surface area contributed by atoms with E-state index >= 15 is 0 Å². The molecule has 0 spiro atoms. The van der Waals surface area contributed by atoms with Gasteiger partial charge in [-0.25, -0.2) is 36.6 Å². The number of aromatic nitrogens is 4. The number of benzene rings is 1. The second-order valence-electron chi connectivity index (χ2n) is 12.1. The van der Waals surface area contributed by atoms with Gasteiger partial charge in [-0.1, -0.05) is 57.2 Å². The Kier molecular flexibility index (Phi) is 9.44. The maximum Gasteiger partial charge on any atom is 0.462 e. The lowest BCUT2D eigenvalue weighted by molar-refractivity contribution is -0.131. The van der Waals surface area contributed by atoms with Gasteiger partial charge in [0, 0.05) is 24.1 Å². The van der Waals surface area contributed by atoms with E-state index in [1.807, 2.05) is 36.4 Å². The maximum absolute atomic E-state index is 13.2. The van der Waals surface area contributed by atoms with Crippen LogP contribution in [0.1, 0.15) is 39.5 Å². The van der Waals surface area contributed by atoms with Crippen molar-refractivity contribution in [3.63, 3.8) is 0 Å². The van der Waals surface area contributed by atoms with Crippen LogP contribution in [0.25, 0.3) is 17.2 Å². The average molecular weight is 695 g/mol. The third-order valence-electron chi connectivity index (χ3n) is 7.65. The summed E-state index contributed by atoms with van der Waals surface area (Å²) in [6.07, 6.45) is 3.94. The van der Waals surface area contributed by atoms with Crippen LogP contribution in [0.5, 0.6) is 0 Å². The highest BCUT2D eigenvalue weighted by Crippen LogP contribution is 2.46. The largest absolute Gasteiger partial charge is 0.462 e. The van der Waals surface area contributed by atoms with Crippen LogP contribution in [0.3, 0.4) is 0 Å². The topological polar surface area (TPSA) is 190 Å². The van der Waals surface area contributed by atoms with E-state index in [1.54, 1.807) is 38.3 Å². The fraction of sp³-hybridized carbons (Fsp3) is 0.500. The summed E-state index contributed by atoms with van der Waals surface area (Å²) in [7, 11) is -8.38. The van der Waals surface area contributed by atoms with E-state index in [1.165, 1.54) is 12.7 Å². The van der Waals surface area contributed by atoms with Gasteiger partial charge in [-0.05, 0) is 18.6 Å². The number of nitrogens with one attached hydrogen (secondary N) is 2. The standard InChI is InChI=1S/C28H38N6O9S2Si/c1-7-29-27(35)33-24-21-25(31-16-30-24)34(17-32-21)26-23-22(42-20(43-23)14-13-18-11-9-8-10-12-18)19(41-26)15-40-46(28(2,3)4,44(5,36)37)45(6,38)39/h8-14,16-17,19-20,22-23,26H,7,15H2,1-6H3,(H2,29,30,31,33,35)/t19?,20-,22?,23-,26?/m0/s1. The SMILES string of the molecule is CCNC(=O)Nc1ncnc2c1ncn2C1OC(CO[Si](C(C)(C)C)(S(C)(=O)=O)S(C)(=O)=O)C2O[C@H](C=Cc3ccccc3)O[C@@H]21. The number of anilines is 1. The number of hydrogen-bond acceptors (Lipinski definition) is 12. The molecule has 46 heavy (non-hydrogen) atoms. The Labute approximate surface area is 268 Å². The van der Waals surface area contributed by atoms with Gasteiger partial charge in [-0.3, -0.25) is 9.88 Å². The molecule has 0 bridgehead atoms. The molecule has 2 aromatic heterocycles. The van der Waals surface area contributed by atoms with Crippen LogP contribution in [0.2, 0.25) is 5.04 Å². The second kappa shape index (κ2) is 12.7. The first-order valence-electron chi connectivity index (χ1n) is 14.5. The second-order valence-corrected chi connectivity index (χ2v) is 26.8. The monoisotopic (exact) mass is 694 g/mol. The van der Waals surface area contributed by atoms with Crippen LogP contribution in [-0.4, -0.2) is 99.3 Å². The molecule has 3 unspecified atom stereocenters. The molecule has 5 rings (SSSR count). The van der Waals surface area contributed by atoms with E-state index in [4.69, 9.17) is 18.6 Å². The number of ether oxygens (including phenoxy) is 3. The average Bonchev–Trinajstić information content (AvgIpc) is 3.65. The lowest BCUT2D eigenvalue weighted by atomic mass is 10.1. The van der Waals surface area contributed by atoms with Crippen LogP contribution >= 0.6 is 0 Å². The summed E-state index contributed by atoms with van der Waals surface area (Å²) in [6.45, 7) is 1.85. The highest BCUT2D eigenvalue weighted by atomic mass is 32.6. The number of rotatable bonds is 10. The molecular formula is C28H38N6O9S2Si. The van der Waals surface area contributed by atoms with Crippen molar-refractivity contribution in [2.75, 3.05) is 31.0 Å². The summed E-state index contributed by atoms with van der Waals surface area (Å²) in [5.41, 5.74) is 1.54. The highest BCUT2D eigenvalue weighted by molar-refractivity contribution is 8.50. The van der Waals surface area contributed by atoms with Gasteiger partial charge in [-0.15, -0.1) is 0 Å². The van der Waals surface area contributed by atoms with E-state index < -0.39 is 73.7 Å². The molecule has 2 N–H and O–H groups in total. The normalized spacial score (nSPS) is 24.0. The minimum absolute atomic E-state index is 0.179. The highest BCUT2D eigenvalue weighted by Gasteiger charge is 2.67. The predicted octanol–water partition coefficient (Wildman–Crippen LogP) is 2.53. The Morgan fingerprint density at radius 3 is 2.33 bits per heavy atom. The van der Waals surface area contributed by atoms with E-state index in [2.05, 4.69) is 25.6 Å². The molecule has 1 aromatic carbocycles. The zero-order chi connectivity index (χ0) is 33.5. The van der Waals surface area contributed by atoms with Gasteiger partial charge in [-0.2, -0.15) is 0 Å². The molecule has 3 aromatic rings. The molecule has 2 aliphatic heterocycles. The van der Waals surface area contributed by atoms with Crippen molar-refractivity contribution in [3.05, 3.63) is 54.6 Å².